The van der Waals surface area contributed by atoms with Crippen LogP contribution in [0.15, 0.2) is 21.1 Å². The molecule has 0 unspecified atom stereocenters. The van der Waals surface area contributed by atoms with Crippen molar-refractivity contribution in [3.05, 3.63) is 26.6 Å². The Hall–Kier alpha value is -0.630. The van der Waals surface area contributed by atoms with Crippen LogP contribution in [0.5, 0.6) is 5.75 Å². The molecule has 0 saturated heterocycles. The van der Waals surface area contributed by atoms with Crippen molar-refractivity contribution in [3.63, 3.8) is 0 Å². The fourth-order valence-corrected chi connectivity index (χ4v) is 2.55. The van der Waals surface area contributed by atoms with E-state index in [9.17, 15) is 9.90 Å². The maximum Gasteiger partial charge on any atom is 0.243 e. The lowest BCUT2D eigenvalue weighted by atomic mass is 10.2. The van der Waals surface area contributed by atoms with Gasteiger partial charge in [-0.3, -0.25) is 4.79 Å². The number of nitrogens with two attached hydrogens (primary N) is 1. The quantitative estimate of drug-likeness (QED) is 0.625. The Morgan fingerprint density at radius 2 is 2.00 bits per heavy atom. The number of benzene rings is 1. The molecule has 0 saturated carbocycles. The van der Waals surface area contributed by atoms with Crippen molar-refractivity contribution in [1.82, 2.24) is 5.32 Å². The molecule has 1 rings (SSSR count). The zero-order valence-electron chi connectivity index (χ0n) is 9.58. The number of hydrogen-bond acceptors (Lipinski definition) is 4. The molecule has 0 spiro atoms. The smallest absolute Gasteiger partial charge is 0.243 e. The lowest BCUT2D eigenvalue weighted by Gasteiger charge is -2.08. The normalized spacial score (nSPS) is 10.6. The van der Waals surface area contributed by atoms with Gasteiger partial charge < -0.3 is 20.9 Å². The fraction of sp³-hybridized carbons (Fsp3) is 0.364. The highest BCUT2D eigenvalue weighted by molar-refractivity contribution is 9.11. The average molecular weight is 382 g/mol. The minimum absolute atomic E-state index is 0.0576. The van der Waals surface area contributed by atoms with Gasteiger partial charge >= 0.3 is 0 Å². The summed E-state index contributed by atoms with van der Waals surface area (Å²) in [6, 6.07) is 3.66. The minimum Gasteiger partial charge on any atom is -0.506 e. The molecular weight excluding hydrogens is 368 g/mol. The van der Waals surface area contributed by atoms with Crippen LogP contribution in [0.3, 0.4) is 0 Å². The fourth-order valence-electron chi connectivity index (χ4n) is 1.27. The molecule has 0 aliphatic heterocycles. The number of phenolic OH excluding ortho intramolecular Hbond substituents is 1. The highest BCUT2D eigenvalue weighted by Crippen LogP contribution is 2.33. The predicted molar refractivity (Wildman–Crippen MR) is 75.2 cm³/mol. The molecule has 1 aromatic carbocycles. The molecule has 4 N–H and O–H groups in total. The van der Waals surface area contributed by atoms with Crippen LogP contribution in [-0.4, -0.2) is 30.8 Å². The molecule has 0 fully saturated rings. The van der Waals surface area contributed by atoms with E-state index in [1.165, 1.54) is 0 Å². The minimum atomic E-state index is -0.471. The first kappa shape index (κ1) is 15.4. The number of carbonyl (C=O) groups is 1. The summed E-state index contributed by atoms with van der Waals surface area (Å²) in [4.78, 5) is 10.4. The van der Waals surface area contributed by atoms with Crippen LogP contribution < -0.4 is 11.1 Å². The molecule has 0 radical (unpaired) electrons. The predicted octanol–water partition coefficient (Wildman–Crippen LogP) is 1.51. The van der Waals surface area contributed by atoms with Gasteiger partial charge in [-0.15, -0.1) is 0 Å². The molecule has 5 nitrogen and oxygen atoms in total. The summed E-state index contributed by atoms with van der Waals surface area (Å²) >= 11 is 6.53. The van der Waals surface area contributed by atoms with E-state index in [2.05, 4.69) is 37.2 Å². The number of aromatic hydroxyl groups is 1. The van der Waals surface area contributed by atoms with Crippen molar-refractivity contribution in [2.75, 3.05) is 19.8 Å². The largest absolute Gasteiger partial charge is 0.506 e. The summed E-state index contributed by atoms with van der Waals surface area (Å²) in [5, 5.41) is 12.7. The second kappa shape index (κ2) is 7.73. The standard InChI is InChI=1S/C11H14Br2N2O3/c12-8-3-7(4-9(13)11(8)17)5-15-1-2-18-6-10(14)16/h3-4,15,17H,1-2,5-6H2,(H2,14,16). The van der Waals surface area contributed by atoms with Gasteiger partial charge in [-0.05, 0) is 49.6 Å². The maximum atomic E-state index is 10.4. The summed E-state index contributed by atoms with van der Waals surface area (Å²) in [6.07, 6.45) is 0. The molecule has 0 aliphatic rings. The van der Waals surface area contributed by atoms with Gasteiger partial charge in [0.2, 0.25) is 5.91 Å². The van der Waals surface area contributed by atoms with Crippen LogP contribution in [0.25, 0.3) is 0 Å². The summed E-state index contributed by atoms with van der Waals surface area (Å²) in [5.74, 6) is -0.287. The van der Waals surface area contributed by atoms with Gasteiger partial charge in [0, 0.05) is 13.1 Å². The van der Waals surface area contributed by atoms with Crippen LogP contribution in [0, 0.1) is 0 Å². The number of ether oxygens (including phenoxy) is 1. The van der Waals surface area contributed by atoms with Crippen LogP contribution in [0.2, 0.25) is 0 Å². The van der Waals surface area contributed by atoms with Gasteiger partial charge in [-0.2, -0.15) is 0 Å². The van der Waals surface area contributed by atoms with Gasteiger partial charge in [0.1, 0.15) is 12.4 Å². The van der Waals surface area contributed by atoms with E-state index in [1.54, 1.807) is 0 Å². The molecule has 0 heterocycles. The van der Waals surface area contributed by atoms with Crippen LogP contribution >= 0.6 is 31.9 Å². The van der Waals surface area contributed by atoms with E-state index >= 15 is 0 Å². The molecule has 1 amide bonds. The number of halogens is 2. The van der Waals surface area contributed by atoms with Crippen molar-refractivity contribution in [1.29, 1.82) is 0 Å². The number of hydrogen-bond donors (Lipinski definition) is 3. The van der Waals surface area contributed by atoms with E-state index in [0.29, 0.717) is 28.6 Å². The molecule has 0 aliphatic carbocycles. The molecular formula is C11H14Br2N2O3. The number of rotatable bonds is 7. The SMILES string of the molecule is NC(=O)COCCNCc1cc(Br)c(O)c(Br)c1. The van der Waals surface area contributed by atoms with Crippen molar-refractivity contribution < 1.29 is 14.6 Å². The molecule has 0 atom stereocenters. The Balaban J connectivity index is 2.29. The third-order valence-electron chi connectivity index (χ3n) is 2.07. The number of carbonyl (C=O) groups excluding carboxylic acids is 1. The first-order valence-corrected chi connectivity index (χ1v) is 6.83. The zero-order chi connectivity index (χ0) is 13.5. The Morgan fingerprint density at radius 3 is 2.56 bits per heavy atom. The van der Waals surface area contributed by atoms with Crippen molar-refractivity contribution >= 4 is 37.8 Å². The number of primary amides is 1. The first-order valence-electron chi connectivity index (χ1n) is 5.24. The molecule has 0 bridgehead atoms. The van der Waals surface area contributed by atoms with Crippen LogP contribution in [-0.2, 0) is 16.1 Å². The van der Waals surface area contributed by atoms with Gasteiger partial charge in [0.15, 0.2) is 0 Å². The van der Waals surface area contributed by atoms with E-state index < -0.39 is 5.91 Å². The van der Waals surface area contributed by atoms with Crippen molar-refractivity contribution in [2.45, 2.75) is 6.54 Å². The van der Waals surface area contributed by atoms with Crippen molar-refractivity contribution in [3.8, 4) is 5.75 Å². The maximum absolute atomic E-state index is 10.4. The average Bonchev–Trinajstić information content (AvgIpc) is 2.30. The van der Waals surface area contributed by atoms with Crippen LogP contribution in [0.4, 0.5) is 0 Å². The Labute approximate surface area is 122 Å². The van der Waals surface area contributed by atoms with Gasteiger partial charge in [0.25, 0.3) is 0 Å². The molecule has 0 aromatic heterocycles. The zero-order valence-corrected chi connectivity index (χ0v) is 12.8. The lowest BCUT2D eigenvalue weighted by Crippen LogP contribution is -2.23. The second-order valence-corrected chi connectivity index (χ2v) is 5.31. The number of phenols is 1. The number of amides is 1. The van der Waals surface area contributed by atoms with E-state index in [4.69, 9.17) is 10.5 Å². The van der Waals surface area contributed by atoms with E-state index in [1.807, 2.05) is 12.1 Å². The van der Waals surface area contributed by atoms with Gasteiger partial charge in [-0.25, -0.2) is 0 Å². The van der Waals surface area contributed by atoms with Crippen LogP contribution in [0.1, 0.15) is 5.56 Å². The summed E-state index contributed by atoms with van der Waals surface area (Å²) < 4.78 is 6.28. The topological polar surface area (TPSA) is 84.6 Å². The monoisotopic (exact) mass is 380 g/mol. The second-order valence-electron chi connectivity index (χ2n) is 3.60. The Morgan fingerprint density at radius 1 is 1.39 bits per heavy atom. The molecule has 1 aromatic rings. The Kier molecular flexibility index (Phi) is 6.62. The lowest BCUT2D eigenvalue weighted by molar-refractivity contribution is -0.122. The summed E-state index contributed by atoms with van der Waals surface area (Å²) in [7, 11) is 0. The van der Waals surface area contributed by atoms with Gasteiger partial charge in [0.05, 0.1) is 15.6 Å². The molecule has 100 valence electrons. The third kappa shape index (κ3) is 5.34. The Bertz CT molecular complexity index is 404. The molecule has 18 heavy (non-hydrogen) atoms. The van der Waals surface area contributed by atoms with E-state index in [-0.39, 0.29) is 12.4 Å². The summed E-state index contributed by atoms with van der Waals surface area (Å²) in [5.41, 5.74) is 5.94. The van der Waals surface area contributed by atoms with E-state index in [0.717, 1.165) is 5.56 Å². The first-order chi connectivity index (χ1) is 8.50. The highest BCUT2D eigenvalue weighted by Gasteiger charge is 2.05. The third-order valence-corrected chi connectivity index (χ3v) is 3.28. The highest BCUT2D eigenvalue weighted by atomic mass is 79.9. The van der Waals surface area contributed by atoms with Gasteiger partial charge in [-0.1, -0.05) is 0 Å². The number of nitrogens with one attached hydrogen (secondary N) is 1. The van der Waals surface area contributed by atoms with Crippen molar-refractivity contribution in [2.24, 2.45) is 5.73 Å². The molecule has 7 heteroatoms. The summed E-state index contributed by atoms with van der Waals surface area (Å²) in [6.45, 7) is 1.61.